The number of pyridine rings is 1. The number of carbonyl (C=O) groups is 1. The maximum absolute atomic E-state index is 10.8. The third-order valence-electron chi connectivity index (χ3n) is 2.88. The lowest BCUT2D eigenvalue weighted by Gasteiger charge is -2.01. The molecular formula is C14H13N4O3S+. The van der Waals surface area contributed by atoms with Gasteiger partial charge in [0.2, 0.25) is 0 Å². The van der Waals surface area contributed by atoms with Crippen molar-refractivity contribution in [3.8, 4) is 11.5 Å². The topological polar surface area (TPSA) is 95.9 Å². The summed E-state index contributed by atoms with van der Waals surface area (Å²) in [6.07, 6.45) is 3.29. The predicted molar refractivity (Wildman–Crippen MR) is 78.2 cm³/mol. The van der Waals surface area contributed by atoms with Gasteiger partial charge in [0.15, 0.2) is 0 Å². The van der Waals surface area contributed by atoms with Crippen molar-refractivity contribution in [3.05, 3.63) is 48.6 Å². The van der Waals surface area contributed by atoms with E-state index >= 15 is 0 Å². The third kappa shape index (κ3) is 3.17. The Morgan fingerprint density at radius 3 is 2.95 bits per heavy atom. The zero-order valence-electron chi connectivity index (χ0n) is 11.5. The molecule has 3 aromatic rings. The molecule has 8 heteroatoms. The lowest BCUT2D eigenvalue weighted by atomic mass is 10.3. The Bertz CT molecular complexity index is 756. The van der Waals surface area contributed by atoms with E-state index in [4.69, 9.17) is 9.52 Å². The molecular weight excluding hydrogens is 304 g/mol. The van der Waals surface area contributed by atoms with Crippen LogP contribution in [0.2, 0.25) is 0 Å². The van der Waals surface area contributed by atoms with Crippen molar-refractivity contribution >= 4 is 17.7 Å². The summed E-state index contributed by atoms with van der Waals surface area (Å²) < 4.78 is 7.23. The van der Waals surface area contributed by atoms with Crippen molar-refractivity contribution in [3.63, 3.8) is 0 Å². The number of rotatable bonds is 6. The van der Waals surface area contributed by atoms with Gasteiger partial charge in [0, 0.05) is 6.20 Å². The Balaban J connectivity index is 1.97. The number of H-pyrrole nitrogens is 1. The molecule has 2 N–H and O–H groups in total. The molecule has 0 amide bonds. The molecule has 0 radical (unpaired) electrons. The van der Waals surface area contributed by atoms with Crippen molar-refractivity contribution < 1.29 is 18.9 Å². The molecule has 0 aliphatic heterocycles. The minimum atomic E-state index is -0.892. The van der Waals surface area contributed by atoms with E-state index in [1.807, 2.05) is 28.8 Å². The molecule has 3 heterocycles. The molecule has 7 nitrogen and oxygen atoms in total. The van der Waals surface area contributed by atoms with E-state index < -0.39 is 5.97 Å². The Morgan fingerprint density at radius 2 is 2.27 bits per heavy atom. The average Bonchev–Trinajstić information content (AvgIpc) is 3.16. The van der Waals surface area contributed by atoms with Gasteiger partial charge in [0.25, 0.3) is 5.82 Å². The van der Waals surface area contributed by atoms with Crippen molar-refractivity contribution in [2.75, 3.05) is 5.75 Å². The maximum Gasteiger partial charge on any atom is 0.337 e. The van der Waals surface area contributed by atoms with Crippen LogP contribution in [0.1, 0.15) is 5.76 Å². The van der Waals surface area contributed by atoms with Crippen LogP contribution >= 0.6 is 11.8 Å². The van der Waals surface area contributed by atoms with Gasteiger partial charge in [-0.25, -0.2) is 9.55 Å². The molecule has 22 heavy (non-hydrogen) atoms. The highest BCUT2D eigenvalue weighted by Gasteiger charge is 2.24. The summed E-state index contributed by atoms with van der Waals surface area (Å²) in [5.74, 6) is 0.493. The van der Waals surface area contributed by atoms with Gasteiger partial charge in [-0.1, -0.05) is 6.07 Å². The van der Waals surface area contributed by atoms with Crippen LogP contribution in [0.25, 0.3) is 11.5 Å². The fourth-order valence-corrected chi connectivity index (χ4v) is 2.63. The first-order valence-corrected chi connectivity index (χ1v) is 7.49. The van der Waals surface area contributed by atoms with E-state index in [2.05, 4.69) is 15.2 Å². The van der Waals surface area contributed by atoms with Gasteiger partial charge in [-0.3, -0.25) is 4.79 Å². The van der Waals surface area contributed by atoms with Gasteiger partial charge in [-0.15, -0.1) is 5.10 Å². The van der Waals surface area contributed by atoms with Gasteiger partial charge < -0.3 is 9.52 Å². The van der Waals surface area contributed by atoms with Crippen LogP contribution in [0.15, 0.2) is 52.4 Å². The Kier molecular flexibility index (Phi) is 4.19. The molecule has 0 atom stereocenters. The van der Waals surface area contributed by atoms with E-state index in [1.165, 1.54) is 0 Å². The average molecular weight is 317 g/mol. The van der Waals surface area contributed by atoms with E-state index in [1.54, 1.807) is 18.5 Å². The number of aromatic nitrogens is 4. The second-order valence-electron chi connectivity index (χ2n) is 4.42. The second-order valence-corrected chi connectivity index (χ2v) is 5.36. The van der Waals surface area contributed by atoms with Gasteiger partial charge in [-0.05, 0) is 36.0 Å². The quantitative estimate of drug-likeness (QED) is 0.529. The molecule has 0 aliphatic carbocycles. The highest BCUT2D eigenvalue weighted by molar-refractivity contribution is 7.99. The molecule has 3 rings (SSSR count). The number of carboxylic acids is 1. The number of hydrogen-bond donors (Lipinski definition) is 2. The Hall–Kier alpha value is -2.61. The van der Waals surface area contributed by atoms with Gasteiger partial charge in [0.05, 0.1) is 11.4 Å². The number of thioether (sulfide) groups is 1. The van der Waals surface area contributed by atoms with Crippen LogP contribution in [0.3, 0.4) is 0 Å². The summed E-state index contributed by atoms with van der Waals surface area (Å²) in [6, 6.07) is 9.23. The standard InChI is InChI=1S/C14H12N4O3S/c19-12(20)9-22-14-17-16-13(11-5-1-2-6-15-11)18(14)8-10-4-3-7-21-10/h1-7H,8-9H2,(H,19,20)/p+1. The summed E-state index contributed by atoms with van der Waals surface area (Å²) in [5, 5.41) is 16.5. The van der Waals surface area contributed by atoms with Crippen molar-refractivity contribution in [2.45, 2.75) is 11.7 Å². The zero-order chi connectivity index (χ0) is 15.4. The lowest BCUT2D eigenvalue weighted by molar-refractivity contribution is -0.716. The summed E-state index contributed by atoms with van der Waals surface area (Å²) in [4.78, 5) is 15.1. The van der Waals surface area contributed by atoms with Crippen LogP contribution in [0.4, 0.5) is 0 Å². The van der Waals surface area contributed by atoms with Gasteiger partial charge in [0.1, 0.15) is 23.8 Å². The van der Waals surface area contributed by atoms with Crippen LogP contribution in [0, 0.1) is 0 Å². The molecule has 0 aromatic carbocycles. The number of nitrogens with zero attached hydrogens (tertiary/aromatic N) is 3. The number of carboxylic acid groups (broad SMARTS) is 1. The fraction of sp³-hybridized carbons (Fsp3) is 0.143. The van der Waals surface area contributed by atoms with Gasteiger partial charge >= 0.3 is 11.1 Å². The molecule has 0 aliphatic rings. The second kappa shape index (κ2) is 6.44. The van der Waals surface area contributed by atoms with Crippen LogP contribution in [-0.2, 0) is 11.3 Å². The molecule has 0 fully saturated rings. The number of hydrogen-bond acceptors (Lipinski definition) is 5. The summed E-state index contributed by atoms with van der Waals surface area (Å²) >= 11 is 1.14. The number of aliphatic carboxylic acids is 1. The minimum Gasteiger partial charge on any atom is -0.481 e. The monoisotopic (exact) mass is 317 g/mol. The third-order valence-corrected chi connectivity index (χ3v) is 3.85. The van der Waals surface area contributed by atoms with Crippen LogP contribution < -0.4 is 4.57 Å². The molecule has 112 valence electrons. The largest absolute Gasteiger partial charge is 0.481 e. The Labute approximate surface area is 130 Å². The maximum atomic E-state index is 10.8. The van der Waals surface area contributed by atoms with Crippen molar-refractivity contribution in [2.24, 2.45) is 0 Å². The minimum absolute atomic E-state index is 0.0648. The summed E-state index contributed by atoms with van der Waals surface area (Å²) in [6.45, 7) is 0.442. The van der Waals surface area contributed by atoms with E-state index in [-0.39, 0.29) is 5.75 Å². The first-order valence-electron chi connectivity index (χ1n) is 6.50. The first-order chi connectivity index (χ1) is 10.7. The molecule has 0 saturated heterocycles. The van der Waals surface area contributed by atoms with Gasteiger partial charge in [-0.2, -0.15) is 0 Å². The molecule has 0 saturated carbocycles. The van der Waals surface area contributed by atoms with Crippen molar-refractivity contribution in [1.29, 1.82) is 0 Å². The number of aromatic amines is 1. The zero-order valence-corrected chi connectivity index (χ0v) is 12.3. The highest BCUT2D eigenvalue weighted by Crippen LogP contribution is 2.16. The molecule has 3 aromatic heterocycles. The number of furan rings is 1. The normalized spacial score (nSPS) is 10.7. The highest BCUT2D eigenvalue weighted by atomic mass is 32.2. The van der Waals surface area contributed by atoms with Crippen LogP contribution in [-0.4, -0.2) is 32.0 Å². The number of nitrogens with one attached hydrogen (secondary N) is 1. The molecule has 0 spiro atoms. The summed E-state index contributed by atoms with van der Waals surface area (Å²) in [7, 11) is 0. The van der Waals surface area contributed by atoms with E-state index in [9.17, 15) is 4.79 Å². The smallest absolute Gasteiger partial charge is 0.337 e. The fourth-order valence-electron chi connectivity index (χ4n) is 1.96. The summed E-state index contributed by atoms with van der Waals surface area (Å²) in [5.41, 5.74) is 0.726. The predicted octanol–water partition coefficient (Wildman–Crippen LogP) is 1.58. The molecule has 0 unspecified atom stereocenters. The van der Waals surface area contributed by atoms with Crippen molar-refractivity contribution in [1.82, 2.24) is 15.2 Å². The molecule has 0 bridgehead atoms. The van der Waals surface area contributed by atoms with E-state index in [0.29, 0.717) is 17.5 Å². The SMILES string of the molecule is O=C(O)CSc1n[nH]c(-c2ccccn2)[n+]1Cc1ccco1. The first kappa shape index (κ1) is 14.3. The van der Waals surface area contributed by atoms with E-state index in [0.717, 1.165) is 23.2 Å². The Morgan fingerprint density at radius 1 is 1.36 bits per heavy atom. The lowest BCUT2D eigenvalue weighted by Crippen LogP contribution is -2.37. The van der Waals surface area contributed by atoms with Crippen LogP contribution in [0.5, 0.6) is 0 Å².